The highest BCUT2D eigenvalue weighted by atomic mass is 35.5. The molecule has 0 bridgehead atoms. The van der Waals surface area contributed by atoms with Gasteiger partial charge in [0.1, 0.15) is 0 Å². The quantitative estimate of drug-likeness (QED) is 0.396. The van der Waals surface area contributed by atoms with Crippen molar-refractivity contribution < 1.29 is 19.1 Å². The number of benzene rings is 1. The molecule has 1 aromatic rings. The molecule has 0 unspecified atom stereocenters. The molecular formula is C19H25ClO4. The molecule has 5 heteroatoms. The van der Waals surface area contributed by atoms with Crippen LogP contribution in [0.25, 0.3) is 0 Å². The molecule has 132 valence electrons. The Morgan fingerprint density at radius 2 is 1.54 bits per heavy atom. The van der Waals surface area contributed by atoms with Crippen LogP contribution in [0.3, 0.4) is 0 Å². The Morgan fingerprint density at radius 3 is 1.92 bits per heavy atom. The van der Waals surface area contributed by atoms with Crippen LogP contribution in [0.4, 0.5) is 0 Å². The number of rotatable bonds is 8. The van der Waals surface area contributed by atoms with Crippen molar-refractivity contribution >= 4 is 23.5 Å². The van der Waals surface area contributed by atoms with Gasteiger partial charge >= 0.3 is 11.9 Å². The molecular weight excluding hydrogens is 328 g/mol. The number of esters is 2. The van der Waals surface area contributed by atoms with Gasteiger partial charge in [0.15, 0.2) is 5.41 Å². The molecule has 1 aromatic carbocycles. The number of hydrogen-bond donors (Lipinski definition) is 0. The monoisotopic (exact) mass is 352 g/mol. The van der Waals surface area contributed by atoms with Gasteiger partial charge in [0.25, 0.3) is 0 Å². The molecule has 0 spiro atoms. The van der Waals surface area contributed by atoms with Gasteiger partial charge in [-0.3, -0.25) is 9.59 Å². The fourth-order valence-corrected chi connectivity index (χ4v) is 2.44. The summed E-state index contributed by atoms with van der Waals surface area (Å²) in [4.78, 5) is 25.5. The van der Waals surface area contributed by atoms with Crippen molar-refractivity contribution in [1.82, 2.24) is 0 Å². The third-order valence-corrected chi connectivity index (χ3v) is 3.63. The highest BCUT2D eigenvalue weighted by Gasteiger charge is 2.48. The molecule has 0 N–H and O–H groups in total. The summed E-state index contributed by atoms with van der Waals surface area (Å²) in [6.45, 7) is 10.7. The summed E-state index contributed by atoms with van der Waals surface area (Å²) < 4.78 is 10.7. The SMILES string of the molecule is C=CCC(Cc1ccc(Cl)cc1)(C(=O)OC(C)C)C(=O)OC(C)C. The van der Waals surface area contributed by atoms with E-state index in [2.05, 4.69) is 6.58 Å². The van der Waals surface area contributed by atoms with E-state index in [1.165, 1.54) is 0 Å². The van der Waals surface area contributed by atoms with Crippen molar-refractivity contribution in [3.8, 4) is 0 Å². The van der Waals surface area contributed by atoms with E-state index in [4.69, 9.17) is 21.1 Å². The van der Waals surface area contributed by atoms with Gasteiger partial charge in [-0.15, -0.1) is 6.58 Å². The van der Waals surface area contributed by atoms with Gasteiger partial charge in [-0.1, -0.05) is 29.8 Å². The Hall–Kier alpha value is -1.81. The molecule has 0 aliphatic heterocycles. The van der Waals surface area contributed by atoms with Crippen LogP contribution < -0.4 is 0 Å². The van der Waals surface area contributed by atoms with E-state index in [-0.39, 0.29) is 25.0 Å². The van der Waals surface area contributed by atoms with Crippen molar-refractivity contribution in [3.05, 3.63) is 47.5 Å². The molecule has 0 amide bonds. The largest absolute Gasteiger partial charge is 0.462 e. The summed E-state index contributed by atoms with van der Waals surface area (Å²) in [6.07, 6.45) is 1.16. The predicted octanol–water partition coefficient (Wildman–Crippen LogP) is 4.35. The summed E-state index contributed by atoms with van der Waals surface area (Å²) in [5.41, 5.74) is -0.660. The predicted molar refractivity (Wildman–Crippen MR) is 94.9 cm³/mol. The minimum absolute atomic E-state index is 0.132. The van der Waals surface area contributed by atoms with Gasteiger partial charge in [-0.2, -0.15) is 0 Å². The first-order valence-electron chi connectivity index (χ1n) is 7.98. The molecule has 0 heterocycles. The van der Waals surface area contributed by atoms with Crippen molar-refractivity contribution in [1.29, 1.82) is 0 Å². The first kappa shape index (κ1) is 20.2. The van der Waals surface area contributed by atoms with Crippen LogP contribution >= 0.6 is 11.6 Å². The number of allylic oxidation sites excluding steroid dienone is 1. The summed E-state index contributed by atoms with van der Waals surface area (Å²) in [5.74, 6) is -1.20. The number of ether oxygens (including phenoxy) is 2. The highest BCUT2D eigenvalue weighted by molar-refractivity contribution is 6.30. The summed E-state index contributed by atoms with van der Waals surface area (Å²) in [5, 5.41) is 0.586. The molecule has 0 saturated heterocycles. The molecule has 24 heavy (non-hydrogen) atoms. The second-order valence-electron chi connectivity index (χ2n) is 6.29. The lowest BCUT2D eigenvalue weighted by Gasteiger charge is -2.30. The average Bonchev–Trinajstić information content (AvgIpc) is 2.47. The Labute approximate surface area is 148 Å². The van der Waals surface area contributed by atoms with E-state index in [9.17, 15) is 9.59 Å². The third kappa shape index (κ3) is 5.38. The van der Waals surface area contributed by atoms with Crippen LogP contribution in [0.5, 0.6) is 0 Å². The molecule has 0 aliphatic rings. The van der Waals surface area contributed by atoms with Crippen LogP contribution in [0.15, 0.2) is 36.9 Å². The molecule has 0 fully saturated rings. The Morgan fingerprint density at radius 1 is 1.08 bits per heavy atom. The molecule has 0 aliphatic carbocycles. The fraction of sp³-hybridized carbons (Fsp3) is 0.474. The highest BCUT2D eigenvalue weighted by Crippen LogP contribution is 2.33. The second kappa shape index (κ2) is 8.88. The maximum absolute atomic E-state index is 12.8. The van der Waals surface area contributed by atoms with E-state index in [1.807, 2.05) is 0 Å². The van der Waals surface area contributed by atoms with Gasteiger partial charge in [0, 0.05) is 5.02 Å². The smallest absolute Gasteiger partial charge is 0.324 e. The van der Waals surface area contributed by atoms with Crippen molar-refractivity contribution in [2.75, 3.05) is 0 Å². The van der Waals surface area contributed by atoms with Crippen LogP contribution in [-0.2, 0) is 25.5 Å². The minimum Gasteiger partial charge on any atom is -0.462 e. The Bertz CT molecular complexity index is 554. The zero-order valence-electron chi connectivity index (χ0n) is 14.7. The summed E-state index contributed by atoms with van der Waals surface area (Å²) in [7, 11) is 0. The molecule has 4 nitrogen and oxygen atoms in total. The van der Waals surface area contributed by atoms with Crippen LogP contribution in [0.2, 0.25) is 5.02 Å². The van der Waals surface area contributed by atoms with E-state index in [0.29, 0.717) is 5.02 Å². The lowest BCUT2D eigenvalue weighted by atomic mass is 9.78. The topological polar surface area (TPSA) is 52.6 Å². The number of carbonyl (C=O) groups is 2. The lowest BCUT2D eigenvalue weighted by Crippen LogP contribution is -2.45. The second-order valence-corrected chi connectivity index (χ2v) is 6.72. The third-order valence-electron chi connectivity index (χ3n) is 3.38. The number of halogens is 1. The van der Waals surface area contributed by atoms with Gasteiger partial charge in [0.2, 0.25) is 0 Å². The van der Waals surface area contributed by atoms with Gasteiger partial charge < -0.3 is 9.47 Å². The van der Waals surface area contributed by atoms with Crippen LogP contribution in [0, 0.1) is 5.41 Å². The van der Waals surface area contributed by atoms with E-state index < -0.39 is 17.4 Å². The normalized spacial score (nSPS) is 11.5. The minimum atomic E-state index is -1.45. The van der Waals surface area contributed by atoms with Gasteiger partial charge in [-0.05, 0) is 58.2 Å². The van der Waals surface area contributed by atoms with Crippen molar-refractivity contribution in [3.63, 3.8) is 0 Å². The summed E-state index contributed by atoms with van der Waals surface area (Å²) >= 11 is 5.91. The fourth-order valence-electron chi connectivity index (χ4n) is 2.32. The molecule has 1 rings (SSSR count). The average molecular weight is 353 g/mol. The zero-order valence-corrected chi connectivity index (χ0v) is 15.4. The van der Waals surface area contributed by atoms with Gasteiger partial charge in [0.05, 0.1) is 12.2 Å². The van der Waals surface area contributed by atoms with Crippen LogP contribution in [0.1, 0.15) is 39.7 Å². The lowest BCUT2D eigenvalue weighted by molar-refractivity contribution is -0.176. The molecule has 0 radical (unpaired) electrons. The Kier molecular flexibility index (Phi) is 7.49. The Balaban J connectivity index is 3.27. The maximum atomic E-state index is 12.8. The molecule has 0 saturated carbocycles. The number of carbonyl (C=O) groups excluding carboxylic acids is 2. The van der Waals surface area contributed by atoms with Crippen molar-refractivity contribution in [2.24, 2.45) is 5.41 Å². The zero-order chi connectivity index (χ0) is 18.3. The molecule has 0 atom stereocenters. The van der Waals surface area contributed by atoms with Gasteiger partial charge in [-0.25, -0.2) is 0 Å². The first-order valence-corrected chi connectivity index (χ1v) is 8.36. The van der Waals surface area contributed by atoms with E-state index >= 15 is 0 Å². The first-order chi connectivity index (χ1) is 11.2. The molecule has 0 aromatic heterocycles. The van der Waals surface area contributed by atoms with Crippen molar-refractivity contribution in [2.45, 2.75) is 52.7 Å². The maximum Gasteiger partial charge on any atom is 0.324 e. The van der Waals surface area contributed by atoms with E-state index in [1.54, 1.807) is 58.0 Å². The van der Waals surface area contributed by atoms with Crippen LogP contribution in [-0.4, -0.2) is 24.1 Å². The summed E-state index contributed by atoms with van der Waals surface area (Å²) in [6, 6.07) is 7.01. The number of hydrogen-bond acceptors (Lipinski definition) is 4. The van der Waals surface area contributed by atoms with E-state index in [0.717, 1.165) is 5.56 Å². The standard InChI is InChI=1S/C19H25ClO4/c1-6-11-19(17(21)23-13(2)3,18(22)24-14(4)5)12-15-7-9-16(20)10-8-15/h6-10,13-14H,1,11-12H2,2-5H3.